The number of rotatable bonds is 3. The molecule has 2 amide bonds. The van der Waals surface area contributed by atoms with E-state index in [1.807, 2.05) is 6.92 Å². The van der Waals surface area contributed by atoms with E-state index in [0.717, 1.165) is 5.56 Å². The van der Waals surface area contributed by atoms with Crippen molar-refractivity contribution >= 4 is 6.03 Å². The Hall–Kier alpha value is -1.62. The second-order valence-electron chi connectivity index (χ2n) is 4.84. The molecule has 98 valence electrons. The zero-order chi connectivity index (χ0) is 13.3. The van der Waals surface area contributed by atoms with Crippen LogP contribution in [-0.4, -0.2) is 42.0 Å². The van der Waals surface area contributed by atoms with Crippen molar-refractivity contribution in [1.82, 2.24) is 9.80 Å². The van der Waals surface area contributed by atoms with Crippen molar-refractivity contribution in [3.63, 3.8) is 0 Å². The van der Waals surface area contributed by atoms with Crippen LogP contribution in [0, 0.1) is 5.82 Å². The summed E-state index contributed by atoms with van der Waals surface area (Å²) in [6.07, 6.45) is 0. The molecule has 1 aromatic rings. The summed E-state index contributed by atoms with van der Waals surface area (Å²) in [5.41, 5.74) is 6.67. The summed E-state index contributed by atoms with van der Waals surface area (Å²) in [6, 6.07) is 6.18. The molecule has 5 heteroatoms. The van der Waals surface area contributed by atoms with Crippen LogP contribution in [0.2, 0.25) is 0 Å². The lowest BCUT2D eigenvalue weighted by Crippen LogP contribution is -2.38. The van der Waals surface area contributed by atoms with Gasteiger partial charge >= 0.3 is 6.03 Å². The standard InChI is InChI=1S/C13H18FN3O/c1-9(15)7-17-8-12(16(2)13(17)18)10-3-5-11(14)6-4-10/h3-6,9,12H,7-8,15H2,1-2H3. The van der Waals surface area contributed by atoms with Gasteiger partial charge in [-0.2, -0.15) is 0 Å². The molecule has 0 spiro atoms. The Morgan fingerprint density at radius 1 is 1.44 bits per heavy atom. The van der Waals surface area contributed by atoms with Crippen molar-refractivity contribution in [2.75, 3.05) is 20.1 Å². The smallest absolute Gasteiger partial charge is 0.320 e. The minimum absolute atomic E-state index is 0.0263. The van der Waals surface area contributed by atoms with E-state index < -0.39 is 0 Å². The molecule has 2 rings (SSSR count). The molecular formula is C13H18FN3O. The first-order valence-electron chi connectivity index (χ1n) is 6.02. The molecule has 2 N–H and O–H groups in total. The molecular weight excluding hydrogens is 233 g/mol. The van der Waals surface area contributed by atoms with Gasteiger partial charge in [-0.1, -0.05) is 12.1 Å². The molecule has 1 aromatic carbocycles. The third-order valence-corrected chi connectivity index (χ3v) is 3.20. The van der Waals surface area contributed by atoms with E-state index in [9.17, 15) is 9.18 Å². The maximum absolute atomic E-state index is 12.9. The topological polar surface area (TPSA) is 49.6 Å². The van der Waals surface area contributed by atoms with Crippen LogP contribution < -0.4 is 5.73 Å². The van der Waals surface area contributed by atoms with E-state index in [1.54, 1.807) is 29.0 Å². The summed E-state index contributed by atoms with van der Waals surface area (Å²) in [5.74, 6) is -0.266. The van der Waals surface area contributed by atoms with E-state index in [4.69, 9.17) is 5.73 Å². The summed E-state index contributed by atoms with van der Waals surface area (Å²) >= 11 is 0. The van der Waals surface area contributed by atoms with Crippen LogP contribution >= 0.6 is 0 Å². The lowest BCUT2D eigenvalue weighted by Gasteiger charge is -2.18. The fourth-order valence-electron chi connectivity index (χ4n) is 2.28. The first-order valence-corrected chi connectivity index (χ1v) is 6.02. The van der Waals surface area contributed by atoms with Crippen molar-refractivity contribution in [3.8, 4) is 0 Å². The van der Waals surface area contributed by atoms with Crippen molar-refractivity contribution in [1.29, 1.82) is 0 Å². The van der Waals surface area contributed by atoms with Gasteiger partial charge in [0.05, 0.1) is 6.04 Å². The summed E-state index contributed by atoms with van der Waals surface area (Å²) in [5, 5.41) is 0. The van der Waals surface area contributed by atoms with Gasteiger partial charge in [0.1, 0.15) is 5.82 Å². The van der Waals surface area contributed by atoms with Gasteiger partial charge in [-0.25, -0.2) is 9.18 Å². The average molecular weight is 251 g/mol. The maximum Gasteiger partial charge on any atom is 0.320 e. The van der Waals surface area contributed by atoms with Gasteiger partial charge in [-0.3, -0.25) is 0 Å². The number of likely N-dealkylation sites (N-methyl/N-ethyl adjacent to an activating group) is 1. The van der Waals surface area contributed by atoms with Crippen LogP contribution in [0.3, 0.4) is 0 Å². The van der Waals surface area contributed by atoms with Gasteiger partial charge in [0.2, 0.25) is 0 Å². The highest BCUT2D eigenvalue weighted by Crippen LogP contribution is 2.28. The highest BCUT2D eigenvalue weighted by Gasteiger charge is 2.35. The molecule has 0 radical (unpaired) electrons. The van der Waals surface area contributed by atoms with Crippen LogP contribution in [0.1, 0.15) is 18.5 Å². The fraction of sp³-hybridized carbons (Fsp3) is 0.462. The molecule has 0 saturated carbocycles. The highest BCUT2D eigenvalue weighted by atomic mass is 19.1. The van der Waals surface area contributed by atoms with Crippen LogP contribution in [0.5, 0.6) is 0 Å². The Labute approximate surface area is 106 Å². The molecule has 0 bridgehead atoms. The Morgan fingerprint density at radius 3 is 2.61 bits per heavy atom. The lowest BCUT2D eigenvalue weighted by molar-refractivity contribution is 0.194. The SMILES string of the molecule is CC(N)CN1CC(c2ccc(F)cc2)N(C)C1=O. The van der Waals surface area contributed by atoms with Gasteiger partial charge in [0.15, 0.2) is 0 Å². The van der Waals surface area contributed by atoms with Crippen molar-refractivity contribution in [2.45, 2.75) is 19.0 Å². The van der Waals surface area contributed by atoms with Crippen LogP contribution in [0.15, 0.2) is 24.3 Å². The van der Waals surface area contributed by atoms with Gasteiger partial charge in [0, 0.05) is 26.2 Å². The molecule has 18 heavy (non-hydrogen) atoms. The van der Waals surface area contributed by atoms with Crippen molar-refractivity contribution < 1.29 is 9.18 Å². The van der Waals surface area contributed by atoms with E-state index >= 15 is 0 Å². The molecule has 1 aliphatic rings. The van der Waals surface area contributed by atoms with E-state index in [1.165, 1.54) is 12.1 Å². The number of nitrogens with two attached hydrogens (primary N) is 1. The lowest BCUT2D eigenvalue weighted by atomic mass is 10.1. The fourth-order valence-corrected chi connectivity index (χ4v) is 2.28. The molecule has 0 aromatic heterocycles. The number of urea groups is 1. The van der Waals surface area contributed by atoms with Gasteiger partial charge < -0.3 is 15.5 Å². The number of hydrogen-bond acceptors (Lipinski definition) is 2. The van der Waals surface area contributed by atoms with Crippen LogP contribution in [0.4, 0.5) is 9.18 Å². The van der Waals surface area contributed by atoms with E-state index in [0.29, 0.717) is 13.1 Å². The number of amides is 2. The molecule has 2 unspecified atom stereocenters. The summed E-state index contributed by atoms with van der Waals surface area (Å²) in [7, 11) is 1.76. The van der Waals surface area contributed by atoms with E-state index in [-0.39, 0.29) is 23.9 Å². The normalized spacial score (nSPS) is 21.6. The third-order valence-electron chi connectivity index (χ3n) is 3.20. The highest BCUT2D eigenvalue weighted by molar-refractivity contribution is 5.77. The molecule has 4 nitrogen and oxygen atoms in total. The van der Waals surface area contributed by atoms with Crippen LogP contribution in [-0.2, 0) is 0 Å². The van der Waals surface area contributed by atoms with Crippen molar-refractivity contribution in [2.24, 2.45) is 5.73 Å². The molecule has 0 aliphatic carbocycles. The third kappa shape index (κ3) is 2.46. The quantitative estimate of drug-likeness (QED) is 0.886. The number of nitrogens with zero attached hydrogens (tertiary/aromatic N) is 2. The van der Waals surface area contributed by atoms with Crippen molar-refractivity contribution in [3.05, 3.63) is 35.6 Å². The Bertz CT molecular complexity index is 432. The monoisotopic (exact) mass is 251 g/mol. The first-order chi connectivity index (χ1) is 8.49. The maximum atomic E-state index is 12.9. The molecule has 1 aliphatic heterocycles. The van der Waals surface area contributed by atoms with Gasteiger partial charge in [0.25, 0.3) is 0 Å². The minimum Gasteiger partial charge on any atom is -0.326 e. The average Bonchev–Trinajstić information content (AvgIpc) is 2.58. The minimum atomic E-state index is -0.266. The second kappa shape index (κ2) is 4.94. The second-order valence-corrected chi connectivity index (χ2v) is 4.84. The number of benzene rings is 1. The largest absolute Gasteiger partial charge is 0.326 e. The number of carbonyl (C=O) groups is 1. The zero-order valence-corrected chi connectivity index (χ0v) is 10.6. The number of hydrogen-bond donors (Lipinski definition) is 1. The summed E-state index contributed by atoms with van der Waals surface area (Å²) < 4.78 is 12.9. The predicted molar refractivity (Wildman–Crippen MR) is 67.5 cm³/mol. The Morgan fingerprint density at radius 2 is 2.06 bits per heavy atom. The first kappa shape index (κ1) is 12.8. The van der Waals surface area contributed by atoms with Crippen LogP contribution in [0.25, 0.3) is 0 Å². The number of carbonyl (C=O) groups excluding carboxylic acids is 1. The summed E-state index contributed by atoms with van der Waals surface area (Å²) in [4.78, 5) is 15.4. The van der Waals surface area contributed by atoms with E-state index in [2.05, 4.69) is 0 Å². The Kier molecular flexibility index (Phi) is 3.52. The predicted octanol–water partition coefficient (Wildman–Crippen LogP) is 1.58. The van der Waals surface area contributed by atoms with Gasteiger partial charge in [-0.05, 0) is 24.6 Å². The zero-order valence-electron chi connectivity index (χ0n) is 10.6. The molecule has 1 fully saturated rings. The van der Waals surface area contributed by atoms with Gasteiger partial charge in [-0.15, -0.1) is 0 Å². The summed E-state index contributed by atoms with van der Waals surface area (Å²) in [6.45, 7) is 3.02. The molecule has 1 heterocycles. The number of halogens is 1. The Balaban J connectivity index is 2.15. The molecule has 2 atom stereocenters. The molecule has 1 saturated heterocycles.